The average molecular weight is 466 g/mol. The lowest BCUT2D eigenvalue weighted by molar-refractivity contribution is -0.111. The van der Waals surface area contributed by atoms with Gasteiger partial charge in [0.2, 0.25) is 5.91 Å². The van der Waals surface area contributed by atoms with Gasteiger partial charge in [-0.15, -0.1) is 34.0 Å². The number of thiazole rings is 1. The predicted octanol–water partition coefficient (Wildman–Crippen LogP) is 6.50. The van der Waals surface area contributed by atoms with Gasteiger partial charge in [-0.25, -0.2) is 4.98 Å². The lowest BCUT2D eigenvalue weighted by Crippen LogP contribution is -2.35. The van der Waals surface area contributed by atoms with E-state index in [-0.39, 0.29) is 5.91 Å². The SMILES string of the molecule is CC(C)N1CCc2c(sc(NC(=O)/C=C/c3cccs3)c2-c2nc3ccccc3s2)C1. The normalized spacial score (nSPS) is 14.5. The maximum Gasteiger partial charge on any atom is 0.249 e. The predicted molar refractivity (Wildman–Crippen MR) is 134 cm³/mol. The molecule has 0 unspecified atom stereocenters. The minimum atomic E-state index is -0.102. The van der Waals surface area contributed by atoms with Crippen LogP contribution in [0.2, 0.25) is 0 Å². The van der Waals surface area contributed by atoms with Crippen LogP contribution in [-0.2, 0) is 17.8 Å². The van der Waals surface area contributed by atoms with Crippen LogP contribution in [0.25, 0.3) is 26.9 Å². The first-order valence-corrected chi connectivity index (χ1v) is 12.9. The van der Waals surface area contributed by atoms with Crippen molar-refractivity contribution in [1.82, 2.24) is 9.88 Å². The lowest BCUT2D eigenvalue weighted by atomic mass is 10.0. The van der Waals surface area contributed by atoms with Crippen molar-refractivity contribution in [1.29, 1.82) is 0 Å². The molecule has 0 aliphatic carbocycles. The van der Waals surface area contributed by atoms with Gasteiger partial charge in [-0.3, -0.25) is 9.69 Å². The molecule has 1 aliphatic heterocycles. The molecule has 0 radical (unpaired) electrons. The molecule has 1 aliphatic rings. The Labute approximate surface area is 193 Å². The largest absolute Gasteiger partial charge is 0.313 e. The summed E-state index contributed by atoms with van der Waals surface area (Å²) < 4.78 is 1.17. The van der Waals surface area contributed by atoms with Crippen LogP contribution in [0.15, 0.2) is 47.9 Å². The van der Waals surface area contributed by atoms with Crippen LogP contribution < -0.4 is 5.32 Å². The molecule has 1 N–H and O–H groups in total. The molecule has 4 nitrogen and oxygen atoms in total. The number of nitrogens with zero attached hydrogens (tertiary/aromatic N) is 2. The first-order chi connectivity index (χ1) is 15.1. The van der Waals surface area contributed by atoms with Gasteiger partial charge in [-0.1, -0.05) is 18.2 Å². The van der Waals surface area contributed by atoms with E-state index in [0.717, 1.165) is 45.5 Å². The highest BCUT2D eigenvalue weighted by atomic mass is 32.1. The smallest absolute Gasteiger partial charge is 0.249 e. The maximum atomic E-state index is 12.7. The molecule has 1 aromatic carbocycles. The van der Waals surface area contributed by atoms with E-state index in [1.807, 2.05) is 35.7 Å². The van der Waals surface area contributed by atoms with E-state index >= 15 is 0 Å². The van der Waals surface area contributed by atoms with Crippen molar-refractivity contribution >= 4 is 61.2 Å². The van der Waals surface area contributed by atoms with Crippen LogP contribution in [0, 0.1) is 0 Å². The molecule has 3 aromatic heterocycles. The topological polar surface area (TPSA) is 45.2 Å². The van der Waals surface area contributed by atoms with Crippen LogP contribution in [0.1, 0.15) is 29.2 Å². The van der Waals surface area contributed by atoms with Crippen LogP contribution in [0.3, 0.4) is 0 Å². The quantitative estimate of drug-likeness (QED) is 0.342. The molecular weight excluding hydrogens is 442 g/mol. The number of carbonyl (C=O) groups excluding carboxylic acids is 1. The molecule has 0 fully saturated rings. The second-order valence-corrected chi connectivity index (χ2v) is 11.0. The van der Waals surface area contributed by atoms with Gasteiger partial charge in [-0.2, -0.15) is 0 Å². The van der Waals surface area contributed by atoms with Gasteiger partial charge in [-0.05, 0) is 55.5 Å². The molecule has 0 spiro atoms. The van der Waals surface area contributed by atoms with Crippen LogP contribution in [0.4, 0.5) is 5.00 Å². The van der Waals surface area contributed by atoms with Gasteiger partial charge in [0.05, 0.1) is 10.2 Å². The monoisotopic (exact) mass is 465 g/mol. The first kappa shape index (κ1) is 20.6. The summed E-state index contributed by atoms with van der Waals surface area (Å²) in [6, 6.07) is 12.7. The van der Waals surface area contributed by atoms with E-state index in [2.05, 4.69) is 36.2 Å². The Hall–Kier alpha value is -2.32. The van der Waals surface area contributed by atoms with Gasteiger partial charge in [0, 0.05) is 40.5 Å². The molecule has 5 rings (SSSR count). The summed E-state index contributed by atoms with van der Waals surface area (Å²) in [4.78, 5) is 22.5. The molecular formula is C24H23N3OS3. The molecule has 7 heteroatoms. The molecule has 4 aromatic rings. The lowest BCUT2D eigenvalue weighted by Gasteiger charge is -2.30. The van der Waals surface area contributed by atoms with E-state index in [9.17, 15) is 4.79 Å². The molecule has 0 saturated carbocycles. The molecule has 0 atom stereocenters. The standard InChI is InChI=1S/C24H23N3OS3/c1-15(2)27-12-11-17-20(14-27)31-24(26-21(28)10-9-16-6-5-13-29-16)22(17)23-25-18-7-3-4-8-19(18)30-23/h3-10,13,15H,11-12,14H2,1-2H3,(H,26,28)/b10-9+. The summed E-state index contributed by atoms with van der Waals surface area (Å²) >= 11 is 5.02. The zero-order chi connectivity index (χ0) is 21.4. The highest BCUT2D eigenvalue weighted by molar-refractivity contribution is 7.23. The molecule has 0 saturated heterocycles. The minimum Gasteiger partial charge on any atom is -0.313 e. The number of amides is 1. The Balaban J connectivity index is 1.52. The zero-order valence-corrected chi connectivity index (χ0v) is 19.9. The second-order valence-electron chi connectivity index (χ2n) is 7.85. The fourth-order valence-electron chi connectivity index (χ4n) is 3.85. The molecule has 31 heavy (non-hydrogen) atoms. The van der Waals surface area contributed by atoms with Crippen molar-refractivity contribution in [2.75, 3.05) is 11.9 Å². The van der Waals surface area contributed by atoms with E-state index in [1.54, 1.807) is 40.1 Å². The highest BCUT2D eigenvalue weighted by Gasteiger charge is 2.28. The fourth-order valence-corrected chi connectivity index (χ4v) is 6.86. The maximum absolute atomic E-state index is 12.7. The number of para-hydroxylation sites is 1. The van der Waals surface area contributed by atoms with Crippen molar-refractivity contribution in [3.63, 3.8) is 0 Å². The van der Waals surface area contributed by atoms with Crippen molar-refractivity contribution in [2.24, 2.45) is 0 Å². The number of nitrogens with one attached hydrogen (secondary N) is 1. The number of carbonyl (C=O) groups is 1. The van der Waals surface area contributed by atoms with Crippen LogP contribution in [-0.4, -0.2) is 28.4 Å². The van der Waals surface area contributed by atoms with Crippen molar-refractivity contribution in [3.8, 4) is 10.6 Å². The van der Waals surface area contributed by atoms with Gasteiger partial charge < -0.3 is 5.32 Å². The molecule has 4 heterocycles. The number of fused-ring (bicyclic) bond motifs is 2. The third kappa shape index (κ3) is 4.23. The van der Waals surface area contributed by atoms with Gasteiger partial charge >= 0.3 is 0 Å². The van der Waals surface area contributed by atoms with E-state index in [0.29, 0.717) is 6.04 Å². The summed E-state index contributed by atoms with van der Waals surface area (Å²) in [5, 5.41) is 7.08. The molecule has 0 bridgehead atoms. The Morgan fingerprint density at radius 1 is 1.19 bits per heavy atom. The van der Waals surface area contributed by atoms with Crippen molar-refractivity contribution in [3.05, 3.63) is 63.2 Å². The first-order valence-electron chi connectivity index (χ1n) is 10.4. The minimum absolute atomic E-state index is 0.102. The van der Waals surface area contributed by atoms with Crippen LogP contribution >= 0.6 is 34.0 Å². The summed E-state index contributed by atoms with van der Waals surface area (Å²) in [6.07, 6.45) is 4.47. The van der Waals surface area contributed by atoms with Gasteiger partial charge in [0.15, 0.2) is 0 Å². The number of hydrogen-bond acceptors (Lipinski definition) is 6. The number of rotatable bonds is 5. The van der Waals surface area contributed by atoms with Gasteiger partial charge in [0.1, 0.15) is 10.0 Å². The highest BCUT2D eigenvalue weighted by Crippen LogP contribution is 2.45. The van der Waals surface area contributed by atoms with E-state index in [1.165, 1.54) is 15.1 Å². The summed E-state index contributed by atoms with van der Waals surface area (Å²) in [5.74, 6) is -0.102. The Morgan fingerprint density at radius 2 is 2.06 bits per heavy atom. The van der Waals surface area contributed by atoms with Crippen LogP contribution in [0.5, 0.6) is 0 Å². The summed E-state index contributed by atoms with van der Waals surface area (Å²) in [7, 11) is 0. The van der Waals surface area contributed by atoms with E-state index in [4.69, 9.17) is 4.98 Å². The number of hydrogen-bond donors (Lipinski definition) is 1. The fraction of sp³-hybridized carbons (Fsp3) is 0.250. The molecule has 158 valence electrons. The third-order valence-electron chi connectivity index (χ3n) is 5.50. The van der Waals surface area contributed by atoms with Crippen molar-refractivity contribution in [2.45, 2.75) is 32.9 Å². The number of aromatic nitrogens is 1. The van der Waals surface area contributed by atoms with Gasteiger partial charge in [0.25, 0.3) is 0 Å². The second kappa shape index (κ2) is 8.67. The molecule has 1 amide bonds. The Kier molecular flexibility index (Phi) is 5.75. The number of benzene rings is 1. The number of anilines is 1. The van der Waals surface area contributed by atoms with E-state index < -0.39 is 0 Å². The Morgan fingerprint density at radius 3 is 2.84 bits per heavy atom. The Bertz CT molecular complexity index is 1220. The average Bonchev–Trinajstić information content (AvgIpc) is 3.49. The summed E-state index contributed by atoms with van der Waals surface area (Å²) in [5.41, 5.74) is 3.47. The van der Waals surface area contributed by atoms with Crippen molar-refractivity contribution < 1.29 is 4.79 Å². The number of thiophene rings is 2. The summed E-state index contributed by atoms with van der Waals surface area (Å²) in [6.45, 7) is 6.44. The zero-order valence-electron chi connectivity index (χ0n) is 17.4. The third-order valence-corrected chi connectivity index (χ3v) is 8.53.